The number of carbonyl (C=O) groups excluding carboxylic acids is 1. The summed E-state index contributed by atoms with van der Waals surface area (Å²) in [5.74, 6) is 0.390. The van der Waals surface area contributed by atoms with Crippen molar-refractivity contribution in [1.29, 1.82) is 0 Å². The summed E-state index contributed by atoms with van der Waals surface area (Å²) in [5, 5.41) is 6.84. The van der Waals surface area contributed by atoms with E-state index in [0.717, 1.165) is 0 Å². The van der Waals surface area contributed by atoms with E-state index >= 15 is 0 Å². The van der Waals surface area contributed by atoms with Gasteiger partial charge in [-0.1, -0.05) is 0 Å². The first-order valence-corrected chi connectivity index (χ1v) is 6.06. The number of aromatic nitrogens is 2. The fourth-order valence-corrected chi connectivity index (χ4v) is 1.56. The van der Waals surface area contributed by atoms with Crippen LogP contribution in [0.2, 0.25) is 0 Å². The van der Waals surface area contributed by atoms with E-state index in [-0.39, 0.29) is 17.2 Å². The molecule has 0 radical (unpaired) electrons. The largest absolute Gasteiger partial charge is 0.383 e. The Bertz CT molecular complexity index is 480. The van der Waals surface area contributed by atoms with Crippen LogP contribution in [0.15, 0.2) is 16.9 Å². The molecule has 0 saturated heterocycles. The first-order valence-electron chi connectivity index (χ1n) is 6.06. The molecule has 1 aliphatic rings. The second-order valence-corrected chi connectivity index (χ2v) is 4.43. The van der Waals surface area contributed by atoms with Gasteiger partial charge in [0.25, 0.3) is 11.5 Å². The van der Waals surface area contributed by atoms with Crippen molar-refractivity contribution in [3.63, 3.8) is 0 Å². The molecule has 0 aromatic carbocycles. The molecule has 0 aliphatic heterocycles. The molecule has 6 nitrogen and oxygen atoms in total. The van der Waals surface area contributed by atoms with E-state index in [2.05, 4.69) is 10.4 Å². The average Bonchev–Trinajstić information content (AvgIpc) is 3.19. The lowest BCUT2D eigenvalue weighted by Crippen LogP contribution is -2.31. The number of hydrogen-bond donors (Lipinski definition) is 1. The summed E-state index contributed by atoms with van der Waals surface area (Å²) in [7, 11) is 1.55. The monoisotopic (exact) mass is 251 g/mol. The molecule has 0 unspecified atom stereocenters. The van der Waals surface area contributed by atoms with Crippen molar-refractivity contribution in [2.75, 3.05) is 20.3 Å². The molecule has 2 rings (SSSR count). The number of rotatable bonds is 6. The van der Waals surface area contributed by atoms with Gasteiger partial charge in [-0.05, 0) is 24.8 Å². The first-order chi connectivity index (χ1) is 8.70. The molecule has 1 heterocycles. The van der Waals surface area contributed by atoms with Gasteiger partial charge < -0.3 is 10.1 Å². The number of nitrogens with zero attached hydrogens (tertiary/aromatic N) is 2. The van der Waals surface area contributed by atoms with E-state index in [9.17, 15) is 9.59 Å². The van der Waals surface area contributed by atoms with Gasteiger partial charge in [0.1, 0.15) is 5.69 Å². The Morgan fingerprint density at radius 2 is 2.33 bits per heavy atom. The normalized spacial score (nSPS) is 14.5. The van der Waals surface area contributed by atoms with Gasteiger partial charge >= 0.3 is 0 Å². The van der Waals surface area contributed by atoms with Gasteiger partial charge in [-0.2, -0.15) is 5.10 Å². The number of ether oxygens (including phenoxy) is 1. The molecule has 1 amide bonds. The van der Waals surface area contributed by atoms with E-state index in [1.54, 1.807) is 7.11 Å². The second-order valence-electron chi connectivity index (χ2n) is 4.43. The number of carbonyl (C=O) groups is 1. The summed E-state index contributed by atoms with van der Waals surface area (Å²) < 4.78 is 6.13. The van der Waals surface area contributed by atoms with Gasteiger partial charge in [-0.15, -0.1) is 0 Å². The molecule has 18 heavy (non-hydrogen) atoms. The fourth-order valence-electron chi connectivity index (χ4n) is 1.56. The van der Waals surface area contributed by atoms with Crippen molar-refractivity contribution in [3.05, 3.63) is 28.2 Å². The summed E-state index contributed by atoms with van der Waals surface area (Å²) in [6.07, 6.45) is 2.36. The zero-order valence-electron chi connectivity index (χ0n) is 10.4. The van der Waals surface area contributed by atoms with Crippen LogP contribution in [0.3, 0.4) is 0 Å². The molecule has 6 heteroatoms. The first kappa shape index (κ1) is 12.8. The van der Waals surface area contributed by atoms with Crippen LogP contribution in [0.5, 0.6) is 0 Å². The highest BCUT2D eigenvalue weighted by Gasteiger charge is 2.22. The fraction of sp³-hybridized carbons (Fsp3) is 0.583. The maximum absolute atomic E-state index is 11.8. The lowest BCUT2D eigenvalue weighted by atomic mass is 10.3. The van der Waals surface area contributed by atoms with Crippen molar-refractivity contribution >= 4 is 5.91 Å². The van der Waals surface area contributed by atoms with Crippen LogP contribution in [-0.4, -0.2) is 35.9 Å². The molecule has 1 N–H and O–H groups in total. The van der Waals surface area contributed by atoms with Gasteiger partial charge in [0, 0.05) is 19.7 Å². The minimum Gasteiger partial charge on any atom is -0.383 e. The van der Waals surface area contributed by atoms with Crippen molar-refractivity contribution in [2.24, 2.45) is 5.92 Å². The number of nitrogens with one attached hydrogen (secondary N) is 1. The van der Waals surface area contributed by atoms with E-state index < -0.39 is 0 Å². The molecular weight excluding hydrogens is 234 g/mol. The highest BCUT2D eigenvalue weighted by molar-refractivity contribution is 5.91. The molecule has 1 aromatic heterocycles. The van der Waals surface area contributed by atoms with Crippen LogP contribution in [0.25, 0.3) is 0 Å². The van der Waals surface area contributed by atoms with Crippen molar-refractivity contribution in [1.82, 2.24) is 15.1 Å². The van der Waals surface area contributed by atoms with Crippen molar-refractivity contribution in [2.45, 2.75) is 19.4 Å². The second kappa shape index (κ2) is 5.77. The Hall–Kier alpha value is -1.69. The van der Waals surface area contributed by atoms with Crippen LogP contribution in [0, 0.1) is 5.92 Å². The Labute approximate surface area is 105 Å². The maximum atomic E-state index is 11.8. The molecule has 0 bridgehead atoms. The maximum Gasteiger partial charge on any atom is 0.271 e. The van der Waals surface area contributed by atoms with Crippen LogP contribution in [0.4, 0.5) is 0 Å². The van der Waals surface area contributed by atoms with Crippen LogP contribution < -0.4 is 10.9 Å². The predicted molar refractivity (Wildman–Crippen MR) is 65.4 cm³/mol. The summed E-state index contributed by atoms with van der Waals surface area (Å²) in [6, 6.07) is 2.81. The third kappa shape index (κ3) is 3.40. The molecule has 0 atom stereocenters. The van der Waals surface area contributed by atoms with Gasteiger partial charge in [0.05, 0.1) is 13.2 Å². The Morgan fingerprint density at radius 1 is 1.56 bits per heavy atom. The zero-order valence-corrected chi connectivity index (χ0v) is 10.4. The summed E-state index contributed by atoms with van der Waals surface area (Å²) in [4.78, 5) is 23.3. The molecule has 1 aromatic rings. The lowest BCUT2D eigenvalue weighted by molar-refractivity contribution is 0.0943. The summed E-state index contributed by atoms with van der Waals surface area (Å²) in [6.45, 7) is 1.43. The van der Waals surface area contributed by atoms with Crippen LogP contribution in [0.1, 0.15) is 23.3 Å². The van der Waals surface area contributed by atoms with E-state index in [0.29, 0.717) is 25.6 Å². The molecule has 1 saturated carbocycles. The number of methoxy groups -OCH3 is 1. The van der Waals surface area contributed by atoms with Crippen LogP contribution >= 0.6 is 0 Å². The van der Waals surface area contributed by atoms with E-state index in [4.69, 9.17) is 4.74 Å². The van der Waals surface area contributed by atoms with Gasteiger partial charge in [-0.25, -0.2) is 4.68 Å². The van der Waals surface area contributed by atoms with Crippen LogP contribution in [-0.2, 0) is 11.3 Å². The van der Waals surface area contributed by atoms with Gasteiger partial charge in [0.15, 0.2) is 0 Å². The van der Waals surface area contributed by atoms with Gasteiger partial charge in [-0.3, -0.25) is 9.59 Å². The van der Waals surface area contributed by atoms with E-state index in [1.165, 1.54) is 29.7 Å². The Balaban J connectivity index is 2.02. The Morgan fingerprint density at radius 3 is 3.00 bits per heavy atom. The quantitative estimate of drug-likeness (QED) is 0.774. The van der Waals surface area contributed by atoms with Gasteiger partial charge in [0.2, 0.25) is 0 Å². The molecule has 98 valence electrons. The number of amides is 1. The lowest BCUT2D eigenvalue weighted by Gasteiger charge is -2.07. The highest BCUT2D eigenvalue weighted by Crippen LogP contribution is 2.27. The summed E-state index contributed by atoms with van der Waals surface area (Å²) >= 11 is 0. The molecule has 1 aliphatic carbocycles. The summed E-state index contributed by atoms with van der Waals surface area (Å²) in [5.41, 5.74) is 0.0390. The third-order valence-electron chi connectivity index (χ3n) is 2.85. The number of hydrogen-bond acceptors (Lipinski definition) is 4. The standard InChI is InChI=1S/C12H17N3O3/c1-18-7-6-15-11(16)5-4-10(14-15)12(17)13-8-9-2-3-9/h4-5,9H,2-3,6-8H2,1H3,(H,13,17). The topological polar surface area (TPSA) is 73.2 Å². The minimum absolute atomic E-state index is 0.229. The highest BCUT2D eigenvalue weighted by atomic mass is 16.5. The SMILES string of the molecule is COCCn1nc(C(=O)NCC2CC2)ccc1=O. The Kier molecular flexibility index (Phi) is 4.09. The minimum atomic E-state index is -0.231. The molecule has 0 spiro atoms. The van der Waals surface area contributed by atoms with Crippen molar-refractivity contribution in [3.8, 4) is 0 Å². The van der Waals surface area contributed by atoms with Crippen molar-refractivity contribution < 1.29 is 9.53 Å². The molecule has 1 fully saturated rings. The average molecular weight is 251 g/mol. The zero-order chi connectivity index (χ0) is 13.0. The third-order valence-corrected chi connectivity index (χ3v) is 2.85. The van der Waals surface area contributed by atoms with E-state index in [1.807, 2.05) is 0 Å². The molecular formula is C12H17N3O3. The predicted octanol–water partition coefficient (Wildman–Crippen LogP) is 0.0295. The smallest absolute Gasteiger partial charge is 0.271 e.